The largest absolute Gasteiger partial charge is 0.481 e. The Balaban J connectivity index is 2.30. The van der Waals surface area contributed by atoms with Gasteiger partial charge in [-0.3, -0.25) is 14.5 Å². The van der Waals surface area contributed by atoms with E-state index in [9.17, 15) is 22.8 Å². The molecular formula is C16H18ClF3N2O3. The molecule has 1 unspecified atom stereocenters. The second-order valence-electron chi connectivity index (χ2n) is 6.26. The van der Waals surface area contributed by atoms with Crippen molar-refractivity contribution in [2.75, 3.05) is 27.2 Å². The van der Waals surface area contributed by atoms with Crippen molar-refractivity contribution >= 4 is 23.5 Å². The Labute approximate surface area is 148 Å². The number of carboxylic acid groups (broad SMARTS) is 1. The fraction of sp³-hybridized carbons (Fsp3) is 0.500. The van der Waals surface area contributed by atoms with Crippen LogP contribution in [-0.4, -0.2) is 60.1 Å². The molecule has 9 heteroatoms. The number of halogens is 4. The van der Waals surface area contributed by atoms with Crippen molar-refractivity contribution in [1.82, 2.24) is 9.80 Å². The van der Waals surface area contributed by atoms with E-state index in [1.165, 1.54) is 0 Å². The third-order valence-corrected chi connectivity index (χ3v) is 4.52. The maximum atomic E-state index is 13.1. The minimum absolute atomic E-state index is 0.398. The van der Waals surface area contributed by atoms with E-state index in [1.807, 2.05) is 0 Å². The van der Waals surface area contributed by atoms with Crippen molar-refractivity contribution in [3.8, 4) is 0 Å². The lowest BCUT2D eigenvalue weighted by Gasteiger charge is -2.28. The van der Waals surface area contributed by atoms with E-state index in [2.05, 4.69) is 0 Å². The zero-order valence-electron chi connectivity index (χ0n) is 13.6. The molecule has 1 aliphatic rings. The highest BCUT2D eigenvalue weighted by atomic mass is 35.5. The monoisotopic (exact) mass is 378 g/mol. The highest BCUT2D eigenvalue weighted by molar-refractivity contribution is 6.30. The Kier molecular flexibility index (Phi) is 5.63. The van der Waals surface area contributed by atoms with E-state index in [0.717, 1.165) is 4.90 Å². The first kappa shape index (κ1) is 19.5. The van der Waals surface area contributed by atoms with Crippen LogP contribution in [0.3, 0.4) is 0 Å². The summed E-state index contributed by atoms with van der Waals surface area (Å²) in [7, 11) is 3.24. The second kappa shape index (κ2) is 7.21. The highest BCUT2D eigenvalue weighted by Gasteiger charge is 2.54. The first-order valence-electron chi connectivity index (χ1n) is 7.52. The fourth-order valence-electron chi connectivity index (χ4n) is 3.08. The number of nitrogens with zero attached hydrogens (tertiary/aromatic N) is 2. The number of hydrogen-bond donors (Lipinski definition) is 1. The molecule has 0 spiro atoms. The average Bonchev–Trinajstić information content (AvgIpc) is 2.92. The van der Waals surface area contributed by atoms with Gasteiger partial charge in [-0.1, -0.05) is 23.7 Å². The van der Waals surface area contributed by atoms with E-state index in [-0.39, 0.29) is 0 Å². The number of benzene rings is 1. The normalized spacial score (nSPS) is 22.3. The van der Waals surface area contributed by atoms with E-state index < -0.39 is 49.0 Å². The predicted molar refractivity (Wildman–Crippen MR) is 85.1 cm³/mol. The Bertz CT molecular complexity index is 666. The lowest BCUT2D eigenvalue weighted by atomic mass is 9.96. The van der Waals surface area contributed by atoms with Gasteiger partial charge in [-0.15, -0.1) is 0 Å². The summed E-state index contributed by atoms with van der Waals surface area (Å²) in [6, 6.07) is 5.64. The van der Waals surface area contributed by atoms with Crippen molar-refractivity contribution in [3.63, 3.8) is 0 Å². The smallest absolute Gasteiger partial charge is 0.394 e. The Morgan fingerprint density at radius 2 is 1.96 bits per heavy atom. The molecule has 3 atom stereocenters. The summed E-state index contributed by atoms with van der Waals surface area (Å²) in [5.74, 6) is -5.87. The fourth-order valence-corrected chi connectivity index (χ4v) is 3.28. The molecule has 1 aromatic carbocycles. The lowest BCUT2D eigenvalue weighted by molar-refractivity contribution is -0.188. The van der Waals surface area contributed by atoms with Crippen LogP contribution in [0, 0.1) is 11.8 Å². The first-order chi connectivity index (χ1) is 11.5. The molecule has 1 aromatic rings. The summed E-state index contributed by atoms with van der Waals surface area (Å²) in [6.07, 6.45) is -4.68. The Morgan fingerprint density at radius 3 is 2.40 bits per heavy atom. The summed E-state index contributed by atoms with van der Waals surface area (Å²) in [4.78, 5) is 26.5. The molecule has 1 N–H and O–H groups in total. The van der Waals surface area contributed by atoms with Crippen LogP contribution >= 0.6 is 11.6 Å². The van der Waals surface area contributed by atoms with Gasteiger partial charge in [0.2, 0.25) is 5.91 Å². The molecule has 1 aliphatic heterocycles. The van der Waals surface area contributed by atoms with Gasteiger partial charge in [-0.2, -0.15) is 13.2 Å². The van der Waals surface area contributed by atoms with Gasteiger partial charge < -0.3 is 10.0 Å². The van der Waals surface area contributed by atoms with Crippen molar-refractivity contribution in [2.24, 2.45) is 11.8 Å². The summed E-state index contributed by atoms with van der Waals surface area (Å²) >= 11 is 5.94. The number of carboxylic acids is 1. The quantitative estimate of drug-likeness (QED) is 0.875. The minimum atomic E-state index is -4.68. The molecule has 0 aliphatic carbocycles. The maximum Gasteiger partial charge on any atom is 0.394 e. The second-order valence-corrected chi connectivity index (χ2v) is 6.69. The molecule has 1 amide bonds. The molecule has 0 bridgehead atoms. The maximum absolute atomic E-state index is 13.1. The molecule has 0 radical (unpaired) electrons. The SMILES string of the molecule is CN(C)C(C(=O)N1C[C@@H](C(F)(F)F)[C@H](C(=O)O)C1)c1cccc(Cl)c1. The van der Waals surface area contributed by atoms with E-state index in [0.29, 0.717) is 10.6 Å². The number of aliphatic carboxylic acids is 1. The number of carbonyl (C=O) groups is 2. The Hall–Kier alpha value is -1.80. The molecule has 25 heavy (non-hydrogen) atoms. The minimum Gasteiger partial charge on any atom is -0.481 e. The summed E-state index contributed by atoms with van der Waals surface area (Å²) < 4.78 is 39.3. The number of likely N-dealkylation sites (N-methyl/N-ethyl adjacent to an activating group) is 1. The number of rotatable bonds is 4. The zero-order chi connectivity index (χ0) is 18.9. The van der Waals surface area contributed by atoms with Crippen molar-refractivity contribution in [1.29, 1.82) is 0 Å². The van der Waals surface area contributed by atoms with E-state index in [1.54, 1.807) is 43.3 Å². The summed E-state index contributed by atoms with van der Waals surface area (Å²) in [5, 5.41) is 9.48. The Morgan fingerprint density at radius 1 is 1.32 bits per heavy atom. The third-order valence-electron chi connectivity index (χ3n) is 4.28. The number of likely N-dealkylation sites (tertiary alicyclic amines) is 1. The van der Waals surface area contributed by atoms with Crippen LogP contribution in [0.15, 0.2) is 24.3 Å². The van der Waals surface area contributed by atoms with Crippen LogP contribution in [0.5, 0.6) is 0 Å². The zero-order valence-corrected chi connectivity index (χ0v) is 14.4. The van der Waals surface area contributed by atoms with Gasteiger partial charge in [0.15, 0.2) is 0 Å². The van der Waals surface area contributed by atoms with Crippen molar-refractivity contribution in [2.45, 2.75) is 12.2 Å². The number of carbonyl (C=O) groups excluding carboxylic acids is 1. The van der Waals surface area contributed by atoms with Crippen LogP contribution < -0.4 is 0 Å². The lowest BCUT2D eigenvalue weighted by Crippen LogP contribution is -2.40. The molecule has 1 saturated heterocycles. The van der Waals surface area contributed by atoms with Gasteiger partial charge in [0.25, 0.3) is 0 Å². The standard InChI is InChI=1S/C16H18ClF3N2O3/c1-21(2)13(9-4-3-5-10(17)6-9)14(23)22-7-11(15(24)25)12(8-22)16(18,19)20/h3-6,11-13H,7-8H2,1-2H3,(H,24,25)/t11-,12-,13?/m1/s1. The van der Waals surface area contributed by atoms with Gasteiger partial charge in [0, 0.05) is 18.1 Å². The number of amides is 1. The van der Waals surface area contributed by atoms with Crippen LogP contribution in [-0.2, 0) is 9.59 Å². The van der Waals surface area contributed by atoms with Gasteiger partial charge in [-0.05, 0) is 31.8 Å². The average molecular weight is 379 g/mol. The van der Waals surface area contributed by atoms with E-state index >= 15 is 0 Å². The highest BCUT2D eigenvalue weighted by Crippen LogP contribution is 2.39. The molecule has 0 aromatic heterocycles. The third kappa shape index (κ3) is 4.24. The van der Waals surface area contributed by atoms with Gasteiger partial charge >= 0.3 is 12.1 Å². The molecule has 5 nitrogen and oxygen atoms in total. The number of alkyl halides is 3. The molecule has 138 valence electrons. The van der Waals surface area contributed by atoms with Crippen LogP contribution in [0.25, 0.3) is 0 Å². The molecule has 1 fully saturated rings. The topological polar surface area (TPSA) is 60.9 Å². The molecule has 2 rings (SSSR count). The van der Waals surface area contributed by atoms with Gasteiger partial charge in [-0.25, -0.2) is 0 Å². The van der Waals surface area contributed by atoms with Crippen LogP contribution in [0.1, 0.15) is 11.6 Å². The van der Waals surface area contributed by atoms with Gasteiger partial charge in [0.1, 0.15) is 6.04 Å². The van der Waals surface area contributed by atoms with Crippen molar-refractivity contribution in [3.05, 3.63) is 34.9 Å². The molecule has 0 saturated carbocycles. The summed E-state index contributed by atoms with van der Waals surface area (Å²) in [5.41, 5.74) is 0.532. The summed E-state index contributed by atoms with van der Waals surface area (Å²) in [6.45, 7) is -1.13. The van der Waals surface area contributed by atoms with Crippen LogP contribution in [0.2, 0.25) is 5.02 Å². The van der Waals surface area contributed by atoms with Gasteiger partial charge in [0.05, 0.1) is 11.8 Å². The van der Waals surface area contributed by atoms with Crippen molar-refractivity contribution < 1.29 is 27.9 Å². The van der Waals surface area contributed by atoms with Crippen LogP contribution in [0.4, 0.5) is 13.2 Å². The predicted octanol–water partition coefficient (Wildman–Crippen LogP) is 2.66. The molecular weight excluding hydrogens is 361 g/mol. The molecule has 1 heterocycles. The number of hydrogen-bond acceptors (Lipinski definition) is 3. The first-order valence-corrected chi connectivity index (χ1v) is 7.90. The van der Waals surface area contributed by atoms with E-state index in [4.69, 9.17) is 16.7 Å².